The van der Waals surface area contributed by atoms with Crippen LogP contribution in [-0.4, -0.2) is 34.9 Å². The van der Waals surface area contributed by atoms with E-state index in [1.165, 1.54) is 96.3 Å². The van der Waals surface area contributed by atoms with Crippen LogP contribution in [0.5, 0.6) is 0 Å². The highest BCUT2D eigenvalue weighted by atomic mass is 16.3. The first-order chi connectivity index (χ1) is 17.2. The van der Waals surface area contributed by atoms with Crippen LogP contribution < -0.4 is 5.32 Å². The van der Waals surface area contributed by atoms with Crippen molar-refractivity contribution >= 4 is 5.91 Å². The number of aliphatic hydroxyl groups excluding tert-OH is 2. The van der Waals surface area contributed by atoms with Gasteiger partial charge in [-0.15, -0.1) is 0 Å². The number of unbranched alkanes of at least 4 members (excludes halogenated alkanes) is 17. The SMILES string of the molecule is CCCCCCCCCCCC/C=C/CC/C=C/[C@@H](O)[C@H](CO)NC(=O)CCCCCCCCC. The highest BCUT2D eigenvalue weighted by Crippen LogP contribution is 2.12. The Labute approximate surface area is 218 Å². The molecule has 0 spiro atoms. The quantitative estimate of drug-likeness (QED) is 0.0840. The molecule has 0 aliphatic rings. The Morgan fingerprint density at radius 3 is 1.66 bits per heavy atom. The smallest absolute Gasteiger partial charge is 0.220 e. The van der Waals surface area contributed by atoms with Crippen molar-refractivity contribution in [2.75, 3.05) is 6.61 Å². The fraction of sp³-hybridized carbons (Fsp3) is 0.839. The van der Waals surface area contributed by atoms with E-state index in [2.05, 4.69) is 31.3 Å². The topological polar surface area (TPSA) is 69.6 Å². The van der Waals surface area contributed by atoms with Gasteiger partial charge in [-0.3, -0.25) is 4.79 Å². The highest BCUT2D eigenvalue weighted by Gasteiger charge is 2.17. The molecule has 206 valence electrons. The van der Waals surface area contributed by atoms with E-state index in [-0.39, 0.29) is 12.5 Å². The maximum absolute atomic E-state index is 12.1. The lowest BCUT2D eigenvalue weighted by molar-refractivity contribution is -0.123. The lowest BCUT2D eigenvalue weighted by Gasteiger charge is -2.19. The van der Waals surface area contributed by atoms with E-state index >= 15 is 0 Å². The second-order valence-corrected chi connectivity index (χ2v) is 10.2. The van der Waals surface area contributed by atoms with Gasteiger partial charge in [0.25, 0.3) is 0 Å². The molecular weight excluding hydrogens is 434 g/mol. The molecule has 4 nitrogen and oxygen atoms in total. The Balaban J connectivity index is 3.71. The Bertz CT molecular complexity index is 503. The van der Waals surface area contributed by atoms with E-state index < -0.39 is 12.1 Å². The Morgan fingerprint density at radius 2 is 1.11 bits per heavy atom. The number of aliphatic hydroxyl groups is 2. The second-order valence-electron chi connectivity index (χ2n) is 10.2. The molecule has 0 radical (unpaired) electrons. The van der Waals surface area contributed by atoms with Crippen molar-refractivity contribution in [1.29, 1.82) is 0 Å². The van der Waals surface area contributed by atoms with Crippen LogP contribution in [0.1, 0.15) is 149 Å². The van der Waals surface area contributed by atoms with E-state index in [9.17, 15) is 15.0 Å². The van der Waals surface area contributed by atoms with Gasteiger partial charge in [0.15, 0.2) is 0 Å². The summed E-state index contributed by atoms with van der Waals surface area (Å²) in [7, 11) is 0. The van der Waals surface area contributed by atoms with E-state index in [1.807, 2.05) is 6.08 Å². The highest BCUT2D eigenvalue weighted by molar-refractivity contribution is 5.76. The van der Waals surface area contributed by atoms with Crippen LogP contribution in [0.2, 0.25) is 0 Å². The Morgan fingerprint density at radius 1 is 0.657 bits per heavy atom. The molecule has 0 saturated carbocycles. The molecule has 0 aliphatic heterocycles. The lowest BCUT2D eigenvalue weighted by atomic mass is 10.1. The third kappa shape index (κ3) is 24.3. The zero-order chi connectivity index (χ0) is 25.8. The molecule has 0 bridgehead atoms. The second kappa shape index (κ2) is 27.5. The van der Waals surface area contributed by atoms with Gasteiger partial charge in [0.2, 0.25) is 5.91 Å². The molecule has 3 N–H and O–H groups in total. The molecule has 0 unspecified atom stereocenters. The van der Waals surface area contributed by atoms with E-state index in [1.54, 1.807) is 6.08 Å². The first-order valence-corrected chi connectivity index (χ1v) is 15.1. The predicted molar refractivity (Wildman–Crippen MR) is 152 cm³/mol. The van der Waals surface area contributed by atoms with Gasteiger partial charge >= 0.3 is 0 Å². The summed E-state index contributed by atoms with van der Waals surface area (Å²) in [6, 6.07) is -0.629. The van der Waals surface area contributed by atoms with E-state index in [0.717, 1.165) is 32.1 Å². The van der Waals surface area contributed by atoms with Crippen molar-refractivity contribution in [3.05, 3.63) is 24.3 Å². The Kier molecular flexibility index (Phi) is 26.6. The normalized spacial score (nSPS) is 13.6. The molecule has 0 aliphatic carbocycles. The van der Waals surface area contributed by atoms with Crippen molar-refractivity contribution in [3.8, 4) is 0 Å². The van der Waals surface area contributed by atoms with Crippen LogP contribution in [-0.2, 0) is 4.79 Å². The summed E-state index contributed by atoms with van der Waals surface area (Å²) in [4.78, 5) is 12.1. The predicted octanol–water partition coefficient (Wildman–Crippen LogP) is 8.17. The van der Waals surface area contributed by atoms with E-state index in [0.29, 0.717) is 6.42 Å². The van der Waals surface area contributed by atoms with Gasteiger partial charge in [0, 0.05) is 6.42 Å². The zero-order valence-corrected chi connectivity index (χ0v) is 23.3. The third-order valence-electron chi connectivity index (χ3n) is 6.69. The average Bonchev–Trinajstić information content (AvgIpc) is 2.86. The third-order valence-corrected chi connectivity index (χ3v) is 6.69. The van der Waals surface area contributed by atoms with Crippen molar-refractivity contribution < 1.29 is 15.0 Å². The molecule has 4 heteroatoms. The molecule has 35 heavy (non-hydrogen) atoms. The van der Waals surface area contributed by atoms with Crippen LogP contribution in [0.3, 0.4) is 0 Å². The molecule has 0 aromatic carbocycles. The molecule has 0 aromatic rings. The molecule has 0 heterocycles. The minimum absolute atomic E-state index is 0.0834. The minimum atomic E-state index is -0.853. The summed E-state index contributed by atoms with van der Waals surface area (Å²) in [5.74, 6) is -0.0834. The maximum atomic E-state index is 12.1. The van der Waals surface area contributed by atoms with Crippen LogP contribution in [0, 0.1) is 0 Å². The van der Waals surface area contributed by atoms with Crippen molar-refractivity contribution in [2.24, 2.45) is 0 Å². The summed E-state index contributed by atoms with van der Waals surface area (Å²) in [5, 5.41) is 22.6. The first-order valence-electron chi connectivity index (χ1n) is 15.1. The van der Waals surface area contributed by atoms with Crippen molar-refractivity contribution in [3.63, 3.8) is 0 Å². The number of carbonyl (C=O) groups is 1. The molecule has 0 saturated heterocycles. The van der Waals surface area contributed by atoms with Crippen molar-refractivity contribution in [2.45, 2.75) is 161 Å². The van der Waals surface area contributed by atoms with Crippen LogP contribution in [0.15, 0.2) is 24.3 Å². The molecular formula is C31H59NO3. The standard InChI is InChI=1S/C31H59NO3/c1-3-5-7-9-11-12-13-14-15-16-17-18-19-21-22-24-26-30(34)29(28-33)32-31(35)27-25-23-20-10-8-6-4-2/h18-19,24,26,29-30,33-34H,3-17,20-23,25,27-28H2,1-2H3,(H,32,35)/b19-18+,26-24+/t29-,30+/m0/s1. The van der Waals surface area contributed by atoms with Crippen LogP contribution in [0.25, 0.3) is 0 Å². The van der Waals surface area contributed by atoms with Crippen molar-refractivity contribution in [1.82, 2.24) is 5.32 Å². The largest absolute Gasteiger partial charge is 0.394 e. The van der Waals surface area contributed by atoms with Gasteiger partial charge in [-0.2, -0.15) is 0 Å². The molecule has 0 fully saturated rings. The lowest BCUT2D eigenvalue weighted by Crippen LogP contribution is -2.45. The summed E-state index contributed by atoms with van der Waals surface area (Å²) in [6.07, 6.45) is 32.6. The van der Waals surface area contributed by atoms with Gasteiger partial charge < -0.3 is 15.5 Å². The molecule has 1 amide bonds. The van der Waals surface area contributed by atoms with Crippen LogP contribution >= 0.6 is 0 Å². The fourth-order valence-corrected chi connectivity index (χ4v) is 4.31. The average molecular weight is 494 g/mol. The molecule has 0 rings (SSSR count). The first kappa shape index (κ1) is 33.9. The number of allylic oxidation sites excluding steroid dienone is 3. The summed E-state index contributed by atoms with van der Waals surface area (Å²) in [6.45, 7) is 4.22. The zero-order valence-electron chi connectivity index (χ0n) is 23.3. The van der Waals surface area contributed by atoms with Gasteiger partial charge in [-0.1, -0.05) is 134 Å². The molecule has 0 aromatic heterocycles. The van der Waals surface area contributed by atoms with Gasteiger partial charge in [-0.25, -0.2) is 0 Å². The van der Waals surface area contributed by atoms with Gasteiger partial charge in [0.05, 0.1) is 18.8 Å². The number of carbonyl (C=O) groups excluding carboxylic acids is 1. The molecule has 2 atom stereocenters. The minimum Gasteiger partial charge on any atom is -0.394 e. The summed E-state index contributed by atoms with van der Waals surface area (Å²) in [5.41, 5.74) is 0. The van der Waals surface area contributed by atoms with E-state index in [4.69, 9.17) is 0 Å². The van der Waals surface area contributed by atoms with Gasteiger partial charge in [-0.05, 0) is 32.1 Å². The number of hydrogen-bond donors (Lipinski definition) is 3. The number of amides is 1. The fourth-order valence-electron chi connectivity index (χ4n) is 4.31. The van der Waals surface area contributed by atoms with Gasteiger partial charge in [0.1, 0.15) is 0 Å². The van der Waals surface area contributed by atoms with Crippen LogP contribution in [0.4, 0.5) is 0 Å². The summed E-state index contributed by atoms with van der Waals surface area (Å²) >= 11 is 0. The summed E-state index contributed by atoms with van der Waals surface area (Å²) < 4.78 is 0. The Hall–Kier alpha value is -1.13. The monoisotopic (exact) mass is 493 g/mol. The maximum Gasteiger partial charge on any atom is 0.220 e. The number of nitrogens with one attached hydrogen (secondary N) is 1. The number of rotatable bonds is 26. The number of hydrogen-bond acceptors (Lipinski definition) is 3.